The quantitative estimate of drug-likeness (QED) is 0.694. The molecular formula is C14H18NO5S-. The fraction of sp³-hybridized carbons (Fsp3) is 0.429. The monoisotopic (exact) mass is 312 g/mol. The van der Waals surface area contributed by atoms with Crippen LogP contribution in [0.15, 0.2) is 24.3 Å². The Kier molecular flexibility index (Phi) is 7.45. The molecule has 1 atom stereocenters. The number of carbonyl (C=O) groups excluding carboxylic acids is 2. The largest absolute Gasteiger partial charge is 0.548 e. The number of thioether (sulfide) groups is 1. The van der Waals surface area contributed by atoms with Gasteiger partial charge in [0.15, 0.2) is 6.61 Å². The van der Waals surface area contributed by atoms with Gasteiger partial charge in [0, 0.05) is 6.07 Å². The second-order valence-corrected chi connectivity index (χ2v) is 5.17. The molecule has 6 nitrogen and oxygen atoms in total. The fourth-order valence-electron chi connectivity index (χ4n) is 1.56. The molecule has 0 radical (unpaired) electrons. The molecule has 1 rings (SSSR count). The molecule has 0 aliphatic heterocycles. The zero-order valence-corrected chi connectivity index (χ0v) is 12.8. The average Bonchev–Trinajstić information content (AvgIpc) is 2.49. The highest BCUT2D eigenvalue weighted by Crippen LogP contribution is 2.18. The van der Waals surface area contributed by atoms with Gasteiger partial charge >= 0.3 is 0 Å². The van der Waals surface area contributed by atoms with Crippen molar-refractivity contribution in [3.05, 3.63) is 24.3 Å². The van der Waals surface area contributed by atoms with Gasteiger partial charge in [-0.05, 0) is 30.6 Å². The maximum absolute atomic E-state index is 11.7. The van der Waals surface area contributed by atoms with Crippen molar-refractivity contribution in [1.29, 1.82) is 0 Å². The topological polar surface area (TPSA) is 87.7 Å². The number of ether oxygens (including phenoxy) is 2. The van der Waals surface area contributed by atoms with E-state index in [1.165, 1.54) is 18.9 Å². The van der Waals surface area contributed by atoms with Crippen molar-refractivity contribution in [2.75, 3.05) is 25.7 Å². The smallest absolute Gasteiger partial charge is 0.258 e. The Bertz CT molecular complexity index is 480. The molecule has 0 bridgehead atoms. The molecule has 0 heterocycles. The lowest BCUT2D eigenvalue weighted by Crippen LogP contribution is -2.49. The van der Waals surface area contributed by atoms with E-state index in [9.17, 15) is 14.7 Å². The Balaban J connectivity index is 2.46. The van der Waals surface area contributed by atoms with Gasteiger partial charge in [-0.25, -0.2) is 0 Å². The van der Waals surface area contributed by atoms with Crippen molar-refractivity contribution >= 4 is 23.6 Å². The SMILES string of the molecule is COc1cccc(OCC(=O)N[C@H](CCSC)C(=O)[O-])c1. The molecule has 0 saturated heterocycles. The van der Waals surface area contributed by atoms with Gasteiger partial charge in [0.05, 0.1) is 19.1 Å². The minimum Gasteiger partial charge on any atom is -0.548 e. The molecule has 1 aromatic rings. The van der Waals surface area contributed by atoms with Gasteiger partial charge < -0.3 is 24.7 Å². The van der Waals surface area contributed by atoms with Crippen molar-refractivity contribution in [3.8, 4) is 11.5 Å². The molecule has 0 aliphatic carbocycles. The summed E-state index contributed by atoms with van der Waals surface area (Å²) in [6.07, 6.45) is 2.18. The molecule has 7 heteroatoms. The number of hydrogen-bond acceptors (Lipinski definition) is 6. The highest BCUT2D eigenvalue weighted by Gasteiger charge is 2.13. The van der Waals surface area contributed by atoms with Gasteiger partial charge in [-0.2, -0.15) is 11.8 Å². The standard InChI is InChI=1S/C14H19NO5S/c1-19-10-4-3-5-11(8-10)20-9-13(16)15-12(14(17)18)6-7-21-2/h3-5,8,12H,6-7,9H2,1-2H3,(H,15,16)(H,17,18)/p-1/t12-/m1/s1. The fourth-order valence-corrected chi connectivity index (χ4v) is 2.03. The van der Waals surface area contributed by atoms with E-state index in [0.717, 1.165) is 0 Å². The van der Waals surface area contributed by atoms with Crippen LogP contribution in [0.3, 0.4) is 0 Å². The van der Waals surface area contributed by atoms with Crippen molar-refractivity contribution in [2.24, 2.45) is 0 Å². The summed E-state index contributed by atoms with van der Waals surface area (Å²) in [5.41, 5.74) is 0. The first-order chi connectivity index (χ1) is 10.1. The third kappa shape index (κ3) is 6.40. The summed E-state index contributed by atoms with van der Waals surface area (Å²) >= 11 is 1.50. The molecule has 0 aromatic heterocycles. The van der Waals surface area contributed by atoms with Crippen LogP contribution >= 0.6 is 11.8 Å². The van der Waals surface area contributed by atoms with Gasteiger partial charge in [0.1, 0.15) is 11.5 Å². The lowest BCUT2D eigenvalue weighted by molar-refractivity contribution is -0.308. The van der Waals surface area contributed by atoms with Crippen LogP contribution in [-0.2, 0) is 9.59 Å². The summed E-state index contributed by atoms with van der Waals surface area (Å²) in [7, 11) is 1.53. The number of carboxylic acid groups (broad SMARTS) is 1. The Morgan fingerprint density at radius 1 is 1.38 bits per heavy atom. The van der Waals surface area contributed by atoms with Crippen molar-refractivity contribution in [3.63, 3.8) is 0 Å². The molecule has 1 amide bonds. The lowest BCUT2D eigenvalue weighted by atomic mass is 10.2. The summed E-state index contributed by atoms with van der Waals surface area (Å²) < 4.78 is 10.3. The van der Waals surface area contributed by atoms with Gasteiger partial charge in [-0.1, -0.05) is 6.07 Å². The number of carbonyl (C=O) groups is 2. The maximum atomic E-state index is 11.7. The Morgan fingerprint density at radius 2 is 2.10 bits per heavy atom. The van der Waals surface area contributed by atoms with Crippen molar-refractivity contribution in [2.45, 2.75) is 12.5 Å². The third-order valence-electron chi connectivity index (χ3n) is 2.64. The molecule has 0 aliphatic rings. The predicted molar refractivity (Wildman–Crippen MR) is 78.4 cm³/mol. The number of rotatable bonds is 9. The molecule has 116 valence electrons. The second-order valence-electron chi connectivity index (χ2n) is 4.19. The number of methoxy groups -OCH3 is 1. The van der Waals surface area contributed by atoms with Gasteiger partial charge in [-0.3, -0.25) is 4.79 Å². The predicted octanol–water partition coefficient (Wildman–Crippen LogP) is 0.0618. The maximum Gasteiger partial charge on any atom is 0.258 e. The summed E-state index contributed by atoms with van der Waals surface area (Å²) in [5, 5.41) is 13.3. The van der Waals surface area contributed by atoms with Crippen LogP contribution in [0, 0.1) is 0 Å². The van der Waals surface area contributed by atoms with Crippen LogP contribution in [-0.4, -0.2) is 43.6 Å². The molecule has 1 aromatic carbocycles. The van der Waals surface area contributed by atoms with Crippen LogP contribution < -0.4 is 19.9 Å². The average molecular weight is 312 g/mol. The van der Waals surface area contributed by atoms with Crippen LogP contribution in [0.1, 0.15) is 6.42 Å². The first-order valence-electron chi connectivity index (χ1n) is 6.32. The van der Waals surface area contributed by atoms with E-state index in [2.05, 4.69) is 5.32 Å². The van der Waals surface area contributed by atoms with Crippen LogP contribution in [0.4, 0.5) is 0 Å². The van der Waals surface area contributed by atoms with E-state index >= 15 is 0 Å². The number of benzene rings is 1. The Hall–Kier alpha value is -1.89. The first kappa shape index (κ1) is 17.2. The number of hydrogen-bond donors (Lipinski definition) is 1. The third-order valence-corrected chi connectivity index (χ3v) is 3.29. The number of amides is 1. The molecular weight excluding hydrogens is 294 g/mol. The normalized spacial score (nSPS) is 11.5. The zero-order chi connectivity index (χ0) is 15.7. The van der Waals surface area contributed by atoms with E-state index in [0.29, 0.717) is 23.7 Å². The molecule has 1 N–H and O–H groups in total. The number of nitrogens with one attached hydrogen (secondary N) is 1. The van der Waals surface area contributed by atoms with Crippen LogP contribution in [0.25, 0.3) is 0 Å². The summed E-state index contributed by atoms with van der Waals surface area (Å²) in [4.78, 5) is 22.6. The molecule has 21 heavy (non-hydrogen) atoms. The van der Waals surface area contributed by atoms with E-state index in [1.54, 1.807) is 24.3 Å². The summed E-state index contributed by atoms with van der Waals surface area (Å²) in [6, 6.07) is 5.80. The Labute approximate surface area is 127 Å². The minimum atomic E-state index is -1.29. The highest BCUT2D eigenvalue weighted by molar-refractivity contribution is 7.98. The molecule has 0 unspecified atom stereocenters. The van der Waals surface area contributed by atoms with Gasteiger partial charge in [-0.15, -0.1) is 0 Å². The molecule has 0 saturated carbocycles. The summed E-state index contributed by atoms with van der Waals surface area (Å²) in [5.74, 6) is -0.0960. The van der Waals surface area contributed by atoms with E-state index in [-0.39, 0.29) is 6.61 Å². The van der Waals surface area contributed by atoms with E-state index in [1.807, 2.05) is 6.26 Å². The lowest BCUT2D eigenvalue weighted by Gasteiger charge is -2.19. The first-order valence-corrected chi connectivity index (χ1v) is 7.72. The number of aliphatic carboxylic acids is 1. The van der Waals surface area contributed by atoms with Crippen LogP contribution in [0.5, 0.6) is 11.5 Å². The Morgan fingerprint density at radius 3 is 2.71 bits per heavy atom. The number of carboxylic acids is 1. The van der Waals surface area contributed by atoms with Crippen molar-refractivity contribution in [1.82, 2.24) is 5.32 Å². The van der Waals surface area contributed by atoms with E-state index < -0.39 is 17.9 Å². The van der Waals surface area contributed by atoms with Crippen LogP contribution in [0.2, 0.25) is 0 Å². The minimum absolute atomic E-state index is 0.268. The van der Waals surface area contributed by atoms with Gasteiger partial charge in [0.25, 0.3) is 5.91 Å². The summed E-state index contributed by atoms with van der Waals surface area (Å²) in [6.45, 7) is -0.268. The van der Waals surface area contributed by atoms with E-state index in [4.69, 9.17) is 9.47 Å². The molecule has 0 fully saturated rings. The molecule has 0 spiro atoms. The van der Waals surface area contributed by atoms with Gasteiger partial charge in [0.2, 0.25) is 0 Å². The van der Waals surface area contributed by atoms with Crippen molar-refractivity contribution < 1.29 is 24.2 Å². The highest BCUT2D eigenvalue weighted by atomic mass is 32.2. The second kappa shape index (κ2) is 9.12. The zero-order valence-electron chi connectivity index (χ0n) is 12.0.